The topological polar surface area (TPSA) is 20.3 Å². The third-order valence-electron chi connectivity index (χ3n) is 1.94. The van der Waals surface area contributed by atoms with Crippen LogP contribution in [0.3, 0.4) is 0 Å². The zero-order chi connectivity index (χ0) is 11.4. The van der Waals surface area contributed by atoms with Gasteiger partial charge in [0.2, 0.25) is 0 Å². The van der Waals surface area contributed by atoms with Crippen molar-refractivity contribution in [1.82, 2.24) is 0 Å². The Morgan fingerprint density at radius 1 is 1.53 bits per heavy atom. The molecule has 0 atom stereocenters. The summed E-state index contributed by atoms with van der Waals surface area (Å²) in [6.07, 6.45) is -1.76. The summed E-state index contributed by atoms with van der Waals surface area (Å²) < 4.78 is 25.0. The molecule has 0 aliphatic carbocycles. The Morgan fingerprint density at radius 2 is 2.20 bits per heavy atom. The molecule has 0 aromatic heterocycles. The van der Waals surface area contributed by atoms with Crippen LogP contribution in [0.2, 0.25) is 0 Å². The highest BCUT2D eigenvalue weighted by Crippen LogP contribution is 2.22. The minimum Gasteiger partial charge on any atom is -0.368 e. The molecular weight excluding hydrogens is 268 g/mol. The number of anilines is 1. The van der Waals surface area contributed by atoms with Crippen molar-refractivity contribution in [3.8, 4) is 0 Å². The van der Waals surface area contributed by atoms with Crippen molar-refractivity contribution in [2.45, 2.75) is 6.43 Å². The van der Waals surface area contributed by atoms with Gasteiger partial charge in [-0.1, -0.05) is 15.9 Å². The van der Waals surface area contributed by atoms with Gasteiger partial charge in [-0.05, 0) is 18.2 Å². The third-order valence-corrected chi connectivity index (χ3v) is 2.43. The number of carbonyl (C=O) groups excluding carboxylic acids is 1. The summed E-state index contributed by atoms with van der Waals surface area (Å²) in [4.78, 5) is 12.1. The van der Waals surface area contributed by atoms with Gasteiger partial charge in [-0.2, -0.15) is 0 Å². The molecule has 0 aliphatic rings. The molecule has 0 saturated carbocycles. The zero-order valence-corrected chi connectivity index (χ0v) is 9.67. The minimum absolute atomic E-state index is 0.386. The Morgan fingerprint density at radius 3 is 2.73 bits per heavy atom. The van der Waals surface area contributed by atoms with Crippen molar-refractivity contribution in [1.29, 1.82) is 0 Å². The number of alkyl halides is 2. The number of aldehydes is 1. The molecule has 0 aliphatic heterocycles. The molecule has 0 saturated heterocycles. The molecule has 82 valence electrons. The van der Waals surface area contributed by atoms with Crippen molar-refractivity contribution in [2.75, 3.05) is 18.5 Å². The van der Waals surface area contributed by atoms with E-state index in [9.17, 15) is 13.6 Å². The largest absolute Gasteiger partial charge is 0.368 e. The monoisotopic (exact) mass is 277 g/mol. The van der Waals surface area contributed by atoms with Crippen LogP contribution in [-0.2, 0) is 0 Å². The van der Waals surface area contributed by atoms with Gasteiger partial charge in [0, 0.05) is 22.8 Å². The lowest BCUT2D eigenvalue weighted by atomic mass is 10.2. The first-order valence-electron chi connectivity index (χ1n) is 4.28. The number of hydrogen-bond donors (Lipinski definition) is 0. The molecule has 2 nitrogen and oxygen atoms in total. The fourth-order valence-corrected chi connectivity index (χ4v) is 1.65. The second-order valence-corrected chi connectivity index (χ2v) is 4.01. The second-order valence-electron chi connectivity index (χ2n) is 3.09. The molecule has 0 N–H and O–H groups in total. The highest BCUT2D eigenvalue weighted by molar-refractivity contribution is 9.10. The van der Waals surface area contributed by atoms with Crippen LogP contribution in [-0.4, -0.2) is 26.3 Å². The van der Waals surface area contributed by atoms with E-state index < -0.39 is 6.43 Å². The number of carbonyl (C=O) groups is 1. The molecule has 1 rings (SSSR count). The van der Waals surface area contributed by atoms with E-state index in [1.807, 2.05) is 0 Å². The summed E-state index contributed by atoms with van der Waals surface area (Å²) in [6.45, 7) is -0.386. The molecule has 5 heteroatoms. The van der Waals surface area contributed by atoms with Crippen molar-refractivity contribution >= 4 is 27.9 Å². The van der Waals surface area contributed by atoms with Gasteiger partial charge in [-0.15, -0.1) is 0 Å². The smallest absolute Gasteiger partial charge is 0.255 e. The Bertz CT molecular complexity index is 357. The van der Waals surface area contributed by atoms with Gasteiger partial charge >= 0.3 is 0 Å². The van der Waals surface area contributed by atoms with Crippen LogP contribution >= 0.6 is 15.9 Å². The quantitative estimate of drug-likeness (QED) is 0.789. The molecule has 1 aromatic rings. The first-order valence-corrected chi connectivity index (χ1v) is 5.08. The fourth-order valence-electron chi connectivity index (χ4n) is 1.27. The highest BCUT2D eigenvalue weighted by atomic mass is 79.9. The molecule has 0 unspecified atom stereocenters. The third kappa shape index (κ3) is 3.27. The molecule has 0 bridgehead atoms. The second kappa shape index (κ2) is 5.21. The van der Waals surface area contributed by atoms with E-state index in [2.05, 4.69) is 15.9 Å². The van der Waals surface area contributed by atoms with Crippen molar-refractivity contribution < 1.29 is 13.6 Å². The van der Waals surface area contributed by atoms with Crippen LogP contribution in [0.15, 0.2) is 22.7 Å². The Balaban J connectivity index is 2.97. The lowest BCUT2D eigenvalue weighted by Crippen LogP contribution is -2.24. The van der Waals surface area contributed by atoms with Crippen molar-refractivity contribution in [3.63, 3.8) is 0 Å². The number of rotatable bonds is 4. The Labute approximate surface area is 95.0 Å². The van der Waals surface area contributed by atoms with Crippen LogP contribution < -0.4 is 4.90 Å². The number of hydrogen-bond acceptors (Lipinski definition) is 2. The zero-order valence-electron chi connectivity index (χ0n) is 8.08. The van der Waals surface area contributed by atoms with Gasteiger partial charge in [-0.3, -0.25) is 4.79 Å². The first-order chi connectivity index (χ1) is 7.04. The molecule has 0 spiro atoms. The Hall–Kier alpha value is -0.970. The van der Waals surface area contributed by atoms with Gasteiger partial charge < -0.3 is 4.90 Å². The summed E-state index contributed by atoms with van der Waals surface area (Å²) in [5, 5.41) is 0. The maximum Gasteiger partial charge on any atom is 0.255 e. The first kappa shape index (κ1) is 12.1. The van der Waals surface area contributed by atoms with E-state index in [1.54, 1.807) is 18.2 Å². The molecule has 0 heterocycles. The summed E-state index contributed by atoms with van der Waals surface area (Å²) in [7, 11) is 1.53. The molecular formula is C10H10BrF2NO. The van der Waals surface area contributed by atoms with E-state index in [1.165, 1.54) is 11.9 Å². The van der Waals surface area contributed by atoms with Gasteiger partial charge in [0.15, 0.2) is 6.29 Å². The van der Waals surface area contributed by atoms with E-state index in [4.69, 9.17) is 0 Å². The van der Waals surface area contributed by atoms with Crippen LogP contribution in [0.5, 0.6) is 0 Å². The number of halogens is 3. The SMILES string of the molecule is CN(CC(F)F)c1ccc(Br)cc1C=O. The molecule has 0 radical (unpaired) electrons. The lowest BCUT2D eigenvalue weighted by Gasteiger charge is -2.20. The summed E-state index contributed by atoms with van der Waals surface area (Å²) in [6, 6.07) is 4.95. The minimum atomic E-state index is -2.42. The van der Waals surface area contributed by atoms with Crippen LogP contribution in [0.1, 0.15) is 10.4 Å². The average Bonchev–Trinajstić information content (AvgIpc) is 2.16. The number of benzene rings is 1. The molecule has 1 aromatic carbocycles. The van der Waals surface area contributed by atoms with E-state index >= 15 is 0 Å². The van der Waals surface area contributed by atoms with Gasteiger partial charge in [0.05, 0.1) is 6.54 Å². The Kier molecular flexibility index (Phi) is 4.20. The average molecular weight is 278 g/mol. The maximum absolute atomic E-state index is 12.1. The normalized spacial score (nSPS) is 10.5. The number of nitrogens with zero attached hydrogens (tertiary/aromatic N) is 1. The summed E-state index contributed by atoms with van der Waals surface area (Å²) in [5.41, 5.74) is 0.904. The fraction of sp³-hybridized carbons (Fsp3) is 0.300. The van der Waals surface area contributed by atoms with Gasteiger partial charge in [-0.25, -0.2) is 8.78 Å². The van der Waals surface area contributed by atoms with E-state index in [0.29, 0.717) is 17.5 Å². The predicted molar refractivity (Wildman–Crippen MR) is 58.8 cm³/mol. The maximum atomic E-state index is 12.1. The predicted octanol–water partition coefficient (Wildman–Crippen LogP) is 2.96. The van der Waals surface area contributed by atoms with Gasteiger partial charge in [0.1, 0.15) is 0 Å². The van der Waals surface area contributed by atoms with Crippen LogP contribution in [0, 0.1) is 0 Å². The van der Waals surface area contributed by atoms with E-state index in [0.717, 1.165) is 4.47 Å². The van der Waals surface area contributed by atoms with Crippen molar-refractivity contribution in [3.05, 3.63) is 28.2 Å². The standard InChI is InChI=1S/C10H10BrF2NO/c1-14(5-10(12)13)9-3-2-8(11)4-7(9)6-15/h2-4,6,10H,5H2,1H3. The molecule has 0 fully saturated rings. The van der Waals surface area contributed by atoms with Gasteiger partial charge in [0.25, 0.3) is 6.43 Å². The van der Waals surface area contributed by atoms with Crippen LogP contribution in [0.25, 0.3) is 0 Å². The molecule has 0 amide bonds. The van der Waals surface area contributed by atoms with Crippen LogP contribution in [0.4, 0.5) is 14.5 Å². The summed E-state index contributed by atoms with van der Waals surface area (Å²) in [5.74, 6) is 0. The lowest BCUT2D eigenvalue weighted by molar-refractivity contribution is 0.112. The van der Waals surface area contributed by atoms with E-state index in [-0.39, 0.29) is 6.54 Å². The molecule has 15 heavy (non-hydrogen) atoms. The van der Waals surface area contributed by atoms with Crippen molar-refractivity contribution in [2.24, 2.45) is 0 Å². The highest BCUT2D eigenvalue weighted by Gasteiger charge is 2.11. The summed E-state index contributed by atoms with van der Waals surface area (Å²) >= 11 is 3.21.